The summed E-state index contributed by atoms with van der Waals surface area (Å²) in [6, 6.07) is 13.2. The molecule has 236 valence electrons. The summed E-state index contributed by atoms with van der Waals surface area (Å²) in [5.41, 5.74) is 7.30. The molecule has 0 bridgehead atoms. The van der Waals surface area contributed by atoms with E-state index in [1.807, 2.05) is 90.9 Å². The highest BCUT2D eigenvalue weighted by atomic mass is 35.5. The van der Waals surface area contributed by atoms with Crippen molar-refractivity contribution in [3.05, 3.63) is 58.6 Å². The Morgan fingerprint density at radius 3 is 1.91 bits per heavy atom. The minimum Gasteiger partial charge on any atom is -0.481 e. The number of hydrogen-bond acceptors (Lipinski definition) is 7. The van der Waals surface area contributed by atoms with Gasteiger partial charge in [0.15, 0.2) is 6.10 Å². The second-order valence-corrected chi connectivity index (χ2v) is 13.4. The molecule has 1 unspecified atom stereocenters. The number of nitrogens with zero attached hydrogens (tertiary/aromatic N) is 3. The van der Waals surface area contributed by atoms with Crippen molar-refractivity contribution >= 4 is 35.3 Å². The second-order valence-electron chi connectivity index (χ2n) is 12.9. The molecular formula is C33H47ClN4O5. The summed E-state index contributed by atoms with van der Waals surface area (Å²) in [6.07, 6.45) is 2.38. The lowest BCUT2D eigenvalue weighted by Crippen LogP contribution is -2.37. The van der Waals surface area contributed by atoms with Gasteiger partial charge in [-0.05, 0) is 96.7 Å². The zero-order valence-corrected chi connectivity index (χ0v) is 27.4. The Morgan fingerprint density at radius 2 is 1.40 bits per heavy atom. The molecule has 0 aromatic heterocycles. The predicted octanol–water partition coefficient (Wildman–Crippen LogP) is 7.84. The largest absolute Gasteiger partial charge is 0.481 e. The predicted molar refractivity (Wildman–Crippen MR) is 171 cm³/mol. The van der Waals surface area contributed by atoms with Crippen LogP contribution < -0.4 is 10.5 Å². The van der Waals surface area contributed by atoms with Crippen molar-refractivity contribution in [1.82, 2.24) is 9.80 Å². The number of hydrogen-bond donors (Lipinski definition) is 1. The molecule has 9 nitrogen and oxygen atoms in total. The van der Waals surface area contributed by atoms with Crippen molar-refractivity contribution in [3.8, 4) is 5.75 Å². The van der Waals surface area contributed by atoms with E-state index in [-0.39, 0.29) is 18.3 Å². The molecule has 1 heterocycles. The maximum atomic E-state index is 13.1. The number of halogens is 1. The Morgan fingerprint density at radius 1 is 0.860 bits per heavy atom. The van der Waals surface area contributed by atoms with E-state index in [9.17, 15) is 9.59 Å². The van der Waals surface area contributed by atoms with Gasteiger partial charge in [0.2, 0.25) is 0 Å². The van der Waals surface area contributed by atoms with Crippen LogP contribution in [0, 0.1) is 0 Å². The Bertz CT molecular complexity index is 1280. The SMILES string of the molecule is CC1Oc2ccc(CN(CCCCCCN(Cc3cccc(Cl)c3)C(=O)OC(C)(C)C)C(=O)OC(C)(C)C)cc2N=C1N. The van der Waals surface area contributed by atoms with Crippen LogP contribution in [-0.2, 0) is 22.6 Å². The first kappa shape index (κ1) is 34.0. The van der Waals surface area contributed by atoms with Crippen molar-refractivity contribution < 1.29 is 23.8 Å². The molecule has 1 aliphatic heterocycles. The molecule has 0 fully saturated rings. The maximum absolute atomic E-state index is 13.1. The molecule has 0 spiro atoms. The standard InChI is InChI=1S/C33H47ClN4O5/c1-23-29(35)36-27-20-25(15-16-28(27)41-23)22-38(31(40)43-33(5,6)7)18-11-9-8-10-17-37(30(39)42-32(2,3)4)21-24-13-12-14-26(34)19-24/h12-16,19-20,23H,8-11,17-18,21-22H2,1-7H3,(H2,35,36). The van der Waals surface area contributed by atoms with Gasteiger partial charge in [0.05, 0.1) is 0 Å². The van der Waals surface area contributed by atoms with Gasteiger partial charge < -0.3 is 29.7 Å². The van der Waals surface area contributed by atoms with Gasteiger partial charge in [-0.2, -0.15) is 0 Å². The zero-order valence-electron chi connectivity index (χ0n) is 26.6. The Labute approximate surface area is 261 Å². The molecule has 2 amide bonds. The van der Waals surface area contributed by atoms with E-state index in [2.05, 4.69) is 4.99 Å². The average molecular weight is 615 g/mol. The molecule has 0 saturated heterocycles. The number of aliphatic imine (C=N–C) groups is 1. The number of rotatable bonds is 11. The smallest absolute Gasteiger partial charge is 0.410 e. The zero-order chi connectivity index (χ0) is 31.8. The number of nitrogens with two attached hydrogens (primary N) is 1. The number of amides is 2. The van der Waals surface area contributed by atoms with Gasteiger partial charge in [0, 0.05) is 31.2 Å². The maximum Gasteiger partial charge on any atom is 0.410 e. The Kier molecular flexibility index (Phi) is 11.7. The number of carbonyl (C=O) groups is 2. The Balaban J connectivity index is 1.58. The van der Waals surface area contributed by atoms with Crippen LogP contribution in [0.5, 0.6) is 5.75 Å². The van der Waals surface area contributed by atoms with Crippen LogP contribution in [0.1, 0.15) is 85.3 Å². The van der Waals surface area contributed by atoms with Crippen molar-refractivity contribution in [2.24, 2.45) is 10.7 Å². The molecule has 0 saturated carbocycles. The van der Waals surface area contributed by atoms with Crippen LogP contribution in [0.2, 0.25) is 5.02 Å². The van der Waals surface area contributed by atoms with Gasteiger partial charge in [0.25, 0.3) is 0 Å². The number of fused-ring (bicyclic) bond motifs is 1. The van der Waals surface area contributed by atoms with E-state index in [1.165, 1.54) is 0 Å². The van der Waals surface area contributed by atoms with Crippen molar-refractivity contribution in [2.75, 3.05) is 13.1 Å². The minimum atomic E-state index is -0.609. The molecule has 2 aromatic rings. The average Bonchev–Trinajstić information content (AvgIpc) is 2.88. The molecule has 0 aliphatic carbocycles. The van der Waals surface area contributed by atoms with E-state index >= 15 is 0 Å². The van der Waals surface area contributed by atoms with Crippen molar-refractivity contribution in [2.45, 2.75) is 105 Å². The van der Waals surface area contributed by atoms with E-state index in [1.54, 1.807) is 9.80 Å². The quantitative estimate of drug-likeness (QED) is 0.258. The highest BCUT2D eigenvalue weighted by Crippen LogP contribution is 2.33. The van der Waals surface area contributed by atoms with Crippen LogP contribution in [0.15, 0.2) is 47.5 Å². The molecule has 0 radical (unpaired) electrons. The van der Waals surface area contributed by atoms with E-state index in [0.717, 1.165) is 36.8 Å². The first-order chi connectivity index (χ1) is 20.1. The van der Waals surface area contributed by atoms with E-state index in [4.69, 9.17) is 31.5 Å². The second kappa shape index (κ2) is 14.8. The number of amidine groups is 1. The molecule has 1 atom stereocenters. The Hall–Kier alpha value is -3.46. The fourth-order valence-corrected chi connectivity index (χ4v) is 4.70. The van der Waals surface area contributed by atoms with Gasteiger partial charge in [-0.25, -0.2) is 14.6 Å². The van der Waals surface area contributed by atoms with Crippen molar-refractivity contribution in [3.63, 3.8) is 0 Å². The monoisotopic (exact) mass is 614 g/mol. The molecular weight excluding hydrogens is 568 g/mol. The van der Waals surface area contributed by atoms with Crippen LogP contribution in [0.4, 0.5) is 15.3 Å². The summed E-state index contributed by atoms with van der Waals surface area (Å²) in [7, 11) is 0. The van der Waals surface area contributed by atoms with Gasteiger partial charge >= 0.3 is 12.2 Å². The summed E-state index contributed by atoms with van der Waals surface area (Å²) in [4.78, 5) is 33.9. The van der Waals surface area contributed by atoms with Gasteiger partial charge in [0.1, 0.15) is 28.5 Å². The first-order valence-electron chi connectivity index (χ1n) is 14.9. The molecule has 2 N–H and O–H groups in total. The third-order valence-electron chi connectivity index (χ3n) is 6.54. The van der Waals surface area contributed by atoms with E-state index in [0.29, 0.717) is 48.5 Å². The third kappa shape index (κ3) is 11.6. The summed E-state index contributed by atoms with van der Waals surface area (Å²) in [5, 5.41) is 0.631. The van der Waals surface area contributed by atoms with E-state index < -0.39 is 11.2 Å². The topological polar surface area (TPSA) is 107 Å². The molecule has 2 aromatic carbocycles. The fraction of sp³-hybridized carbons (Fsp3) is 0.545. The van der Waals surface area contributed by atoms with Crippen molar-refractivity contribution in [1.29, 1.82) is 0 Å². The number of benzene rings is 2. The lowest BCUT2D eigenvalue weighted by atomic mass is 10.1. The lowest BCUT2D eigenvalue weighted by molar-refractivity contribution is 0.0213. The van der Waals surface area contributed by atoms with Crippen LogP contribution >= 0.6 is 11.6 Å². The van der Waals surface area contributed by atoms with Gasteiger partial charge in [-0.15, -0.1) is 0 Å². The lowest BCUT2D eigenvalue weighted by Gasteiger charge is -2.28. The summed E-state index contributed by atoms with van der Waals surface area (Å²) in [6.45, 7) is 14.9. The number of carbonyl (C=O) groups excluding carboxylic acids is 2. The third-order valence-corrected chi connectivity index (χ3v) is 6.77. The summed E-state index contributed by atoms with van der Waals surface area (Å²) in [5.74, 6) is 1.09. The number of unbranched alkanes of at least 4 members (excludes halogenated alkanes) is 3. The van der Waals surface area contributed by atoms with Crippen LogP contribution in [0.3, 0.4) is 0 Å². The number of ether oxygens (including phenoxy) is 3. The minimum absolute atomic E-state index is 0.273. The molecule has 43 heavy (non-hydrogen) atoms. The van der Waals surface area contributed by atoms with Crippen LogP contribution in [-0.4, -0.2) is 58.2 Å². The summed E-state index contributed by atoms with van der Waals surface area (Å²) < 4.78 is 17.2. The highest BCUT2D eigenvalue weighted by molar-refractivity contribution is 6.30. The molecule has 1 aliphatic rings. The van der Waals surface area contributed by atoms with Gasteiger partial charge in [-0.1, -0.05) is 42.6 Å². The normalized spacial score (nSPS) is 14.7. The summed E-state index contributed by atoms with van der Waals surface area (Å²) >= 11 is 6.16. The fourth-order valence-electron chi connectivity index (χ4n) is 4.49. The highest BCUT2D eigenvalue weighted by Gasteiger charge is 2.25. The molecule has 3 rings (SSSR count). The first-order valence-corrected chi connectivity index (χ1v) is 15.3. The molecule has 10 heteroatoms. The van der Waals surface area contributed by atoms with Crippen LogP contribution in [0.25, 0.3) is 0 Å². The van der Waals surface area contributed by atoms with Gasteiger partial charge in [-0.3, -0.25) is 0 Å².